The molecule has 2 rings (SSSR count). The predicted molar refractivity (Wildman–Crippen MR) is 74.6 cm³/mol. The van der Waals surface area contributed by atoms with Crippen molar-refractivity contribution in [1.29, 1.82) is 0 Å². The van der Waals surface area contributed by atoms with E-state index in [9.17, 15) is 13.5 Å². The van der Waals surface area contributed by atoms with Crippen LogP contribution in [-0.2, 0) is 10.0 Å². The first-order valence-electron chi connectivity index (χ1n) is 6.39. The number of hydrogen-bond donors (Lipinski definition) is 2. The number of hydrogen-bond acceptors (Lipinski definition) is 3. The van der Waals surface area contributed by atoms with Crippen molar-refractivity contribution in [3.63, 3.8) is 0 Å². The third-order valence-electron chi connectivity index (χ3n) is 3.71. The highest BCUT2D eigenvalue weighted by Crippen LogP contribution is 2.31. The number of aliphatic hydroxyl groups is 1. The third kappa shape index (κ3) is 3.48. The second-order valence-corrected chi connectivity index (χ2v) is 7.06. The highest BCUT2D eigenvalue weighted by atomic mass is 35.5. The van der Waals surface area contributed by atoms with E-state index in [0.29, 0.717) is 6.54 Å². The molecule has 0 saturated heterocycles. The van der Waals surface area contributed by atoms with Crippen LogP contribution in [0.25, 0.3) is 0 Å². The van der Waals surface area contributed by atoms with E-state index in [2.05, 4.69) is 4.72 Å². The van der Waals surface area contributed by atoms with E-state index in [-0.39, 0.29) is 28.4 Å². The summed E-state index contributed by atoms with van der Waals surface area (Å²) in [4.78, 5) is 0.107. The van der Waals surface area contributed by atoms with Crippen molar-refractivity contribution in [3.8, 4) is 0 Å². The molecule has 0 bridgehead atoms. The fourth-order valence-electron chi connectivity index (χ4n) is 2.58. The lowest BCUT2D eigenvalue weighted by atomic mass is 9.97. The lowest BCUT2D eigenvalue weighted by molar-refractivity contribution is 0.195. The van der Waals surface area contributed by atoms with E-state index in [1.54, 1.807) is 18.2 Å². The van der Waals surface area contributed by atoms with Crippen molar-refractivity contribution in [3.05, 3.63) is 29.3 Å². The van der Waals surface area contributed by atoms with Crippen molar-refractivity contribution >= 4 is 21.6 Å². The minimum atomic E-state index is -3.57. The number of sulfonamides is 1. The monoisotopic (exact) mass is 303 g/mol. The van der Waals surface area contributed by atoms with E-state index < -0.39 is 10.0 Å². The third-order valence-corrected chi connectivity index (χ3v) is 5.64. The molecule has 1 aliphatic rings. The van der Waals surface area contributed by atoms with Crippen LogP contribution in [0.3, 0.4) is 0 Å². The quantitative estimate of drug-likeness (QED) is 0.874. The van der Waals surface area contributed by atoms with Crippen molar-refractivity contribution in [2.45, 2.75) is 24.2 Å². The van der Waals surface area contributed by atoms with Gasteiger partial charge in [0.05, 0.1) is 5.02 Å². The molecule has 1 saturated carbocycles. The minimum Gasteiger partial charge on any atom is -0.396 e. The molecule has 0 spiro atoms. The SMILES string of the molecule is O=S(=O)(NCC1CCCC1CO)c1ccccc1Cl. The number of halogens is 1. The smallest absolute Gasteiger partial charge is 0.242 e. The Morgan fingerprint density at radius 2 is 1.95 bits per heavy atom. The number of rotatable bonds is 5. The Hall–Kier alpha value is -0.620. The van der Waals surface area contributed by atoms with Gasteiger partial charge < -0.3 is 5.11 Å². The molecular weight excluding hydrogens is 286 g/mol. The molecule has 2 unspecified atom stereocenters. The van der Waals surface area contributed by atoms with Crippen molar-refractivity contribution in [2.24, 2.45) is 11.8 Å². The average Bonchev–Trinajstić information content (AvgIpc) is 2.84. The fourth-order valence-corrected chi connectivity index (χ4v) is 4.19. The van der Waals surface area contributed by atoms with Crippen molar-refractivity contribution in [1.82, 2.24) is 4.72 Å². The Balaban J connectivity index is 2.04. The maximum Gasteiger partial charge on any atom is 0.242 e. The van der Waals surface area contributed by atoms with Crippen LogP contribution in [0, 0.1) is 11.8 Å². The summed E-state index contributed by atoms with van der Waals surface area (Å²) in [6, 6.07) is 6.39. The van der Waals surface area contributed by atoms with E-state index >= 15 is 0 Å². The topological polar surface area (TPSA) is 66.4 Å². The molecule has 19 heavy (non-hydrogen) atoms. The number of aliphatic hydroxyl groups excluding tert-OH is 1. The summed E-state index contributed by atoms with van der Waals surface area (Å²) in [5.74, 6) is 0.413. The highest BCUT2D eigenvalue weighted by Gasteiger charge is 2.28. The molecule has 0 aliphatic heterocycles. The summed E-state index contributed by atoms with van der Waals surface area (Å²) in [6.45, 7) is 0.483. The van der Waals surface area contributed by atoms with Crippen LogP contribution in [0.4, 0.5) is 0 Å². The molecular formula is C13H18ClNO3S. The maximum absolute atomic E-state index is 12.1. The van der Waals surface area contributed by atoms with E-state index in [1.165, 1.54) is 6.07 Å². The first kappa shape index (κ1) is 14.8. The van der Waals surface area contributed by atoms with Gasteiger partial charge in [-0.3, -0.25) is 0 Å². The molecule has 0 amide bonds. The molecule has 1 fully saturated rings. The van der Waals surface area contributed by atoms with Gasteiger partial charge >= 0.3 is 0 Å². The summed E-state index contributed by atoms with van der Waals surface area (Å²) in [5.41, 5.74) is 0. The highest BCUT2D eigenvalue weighted by molar-refractivity contribution is 7.89. The summed E-state index contributed by atoms with van der Waals surface area (Å²) >= 11 is 5.90. The molecule has 2 N–H and O–H groups in total. The van der Waals surface area contributed by atoms with E-state index in [4.69, 9.17) is 11.6 Å². The van der Waals surface area contributed by atoms with Crippen LogP contribution in [-0.4, -0.2) is 26.7 Å². The Labute approximate surface area is 118 Å². The van der Waals surface area contributed by atoms with Crippen LogP contribution in [0.1, 0.15) is 19.3 Å². The van der Waals surface area contributed by atoms with Gasteiger partial charge in [0.2, 0.25) is 10.0 Å². The zero-order valence-corrected chi connectivity index (χ0v) is 12.1. The zero-order chi connectivity index (χ0) is 13.9. The molecule has 4 nitrogen and oxygen atoms in total. The van der Waals surface area contributed by atoms with E-state index in [1.807, 2.05) is 0 Å². The Bertz CT molecular complexity index is 532. The second kappa shape index (κ2) is 6.22. The summed E-state index contributed by atoms with van der Waals surface area (Å²) in [7, 11) is -3.57. The van der Waals surface area contributed by atoms with Gasteiger partial charge in [-0.15, -0.1) is 0 Å². The van der Waals surface area contributed by atoms with Crippen LogP contribution in [0.5, 0.6) is 0 Å². The Morgan fingerprint density at radius 3 is 2.63 bits per heavy atom. The van der Waals surface area contributed by atoms with Gasteiger partial charge in [0.1, 0.15) is 4.90 Å². The standard InChI is InChI=1S/C13H18ClNO3S/c14-12-6-1-2-7-13(12)19(17,18)15-8-10-4-3-5-11(10)9-16/h1-2,6-7,10-11,15-16H,3-5,8-9H2. The van der Waals surface area contributed by atoms with Gasteiger partial charge in [-0.05, 0) is 36.8 Å². The van der Waals surface area contributed by atoms with Gasteiger partial charge in [0, 0.05) is 13.2 Å². The Kier molecular flexibility index (Phi) is 4.84. The fraction of sp³-hybridized carbons (Fsp3) is 0.538. The molecule has 1 aromatic carbocycles. The first-order valence-corrected chi connectivity index (χ1v) is 8.26. The first-order chi connectivity index (χ1) is 9.04. The number of benzene rings is 1. The lowest BCUT2D eigenvalue weighted by Gasteiger charge is -2.18. The van der Waals surface area contributed by atoms with Gasteiger partial charge in [0.25, 0.3) is 0 Å². The summed E-state index contributed by atoms with van der Waals surface area (Å²) in [6.07, 6.45) is 2.97. The Morgan fingerprint density at radius 1 is 1.26 bits per heavy atom. The van der Waals surface area contributed by atoms with Crippen LogP contribution >= 0.6 is 11.6 Å². The predicted octanol–water partition coefficient (Wildman–Crippen LogP) is 2.03. The molecule has 0 aromatic heterocycles. The largest absolute Gasteiger partial charge is 0.396 e. The average molecular weight is 304 g/mol. The van der Waals surface area contributed by atoms with Crippen LogP contribution < -0.4 is 4.72 Å². The minimum absolute atomic E-state index is 0.107. The molecule has 6 heteroatoms. The van der Waals surface area contributed by atoms with Crippen molar-refractivity contribution in [2.75, 3.05) is 13.2 Å². The van der Waals surface area contributed by atoms with Crippen LogP contribution in [0.2, 0.25) is 5.02 Å². The maximum atomic E-state index is 12.1. The lowest BCUT2D eigenvalue weighted by Crippen LogP contribution is -2.31. The molecule has 2 atom stereocenters. The van der Waals surface area contributed by atoms with Crippen molar-refractivity contribution < 1.29 is 13.5 Å². The zero-order valence-electron chi connectivity index (χ0n) is 10.5. The summed E-state index contributed by atoms with van der Waals surface area (Å²) < 4.78 is 26.9. The summed E-state index contributed by atoms with van der Waals surface area (Å²) in [5, 5.41) is 9.45. The van der Waals surface area contributed by atoms with E-state index in [0.717, 1.165) is 19.3 Å². The molecule has 1 aromatic rings. The van der Waals surface area contributed by atoms with Crippen LogP contribution in [0.15, 0.2) is 29.2 Å². The molecule has 0 heterocycles. The second-order valence-electron chi connectivity index (χ2n) is 4.92. The number of nitrogens with one attached hydrogen (secondary N) is 1. The molecule has 1 aliphatic carbocycles. The van der Waals surface area contributed by atoms with Gasteiger partial charge in [0.15, 0.2) is 0 Å². The normalized spacial score (nSPS) is 23.7. The molecule has 106 valence electrons. The van der Waals surface area contributed by atoms with Gasteiger partial charge in [-0.2, -0.15) is 0 Å². The molecule has 0 radical (unpaired) electrons. The van der Waals surface area contributed by atoms with Gasteiger partial charge in [-0.25, -0.2) is 13.1 Å². The van der Waals surface area contributed by atoms with Gasteiger partial charge in [-0.1, -0.05) is 30.2 Å².